The van der Waals surface area contributed by atoms with Crippen LogP contribution in [0.15, 0.2) is 24.3 Å². The topological polar surface area (TPSA) is 38.3 Å². The molecule has 0 radical (unpaired) electrons. The second-order valence-corrected chi connectivity index (χ2v) is 5.46. The molecule has 0 saturated carbocycles. The molecule has 0 fully saturated rings. The highest BCUT2D eigenvalue weighted by atomic mass is 19.4. The van der Waals surface area contributed by atoms with E-state index in [1.165, 1.54) is 0 Å². The summed E-state index contributed by atoms with van der Waals surface area (Å²) in [4.78, 5) is 11.6. The molecule has 1 amide bonds. The first-order valence-corrected chi connectivity index (χ1v) is 6.77. The van der Waals surface area contributed by atoms with Gasteiger partial charge in [-0.3, -0.25) is 4.79 Å². The van der Waals surface area contributed by atoms with Crippen LogP contribution in [-0.2, 0) is 15.1 Å². The summed E-state index contributed by atoms with van der Waals surface area (Å²) in [6.45, 7) is 2.28. The van der Waals surface area contributed by atoms with E-state index in [2.05, 4.69) is 5.32 Å². The fraction of sp³-hybridized carbons (Fsp3) is 0.400. The van der Waals surface area contributed by atoms with Crippen LogP contribution in [-0.4, -0.2) is 18.7 Å². The van der Waals surface area contributed by atoms with Crippen molar-refractivity contribution in [2.45, 2.75) is 25.6 Å². The van der Waals surface area contributed by atoms with Crippen LogP contribution in [0.4, 0.5) is 27.6 Å². The van der Waals surface area contributed by atoms with Crippen molar-refractivity contribution in [3.63, 3.8) is 0 Å². The van der Waals surface area contributed by atoms with Crippen molar-refractivity contribution in [3.8, 4) is 0 Å². The van der Waals surface area contributed by atoms with Crippen LogP contribution in [0.25, 0.3) is 0 Å². The number of fused-ring (bicyclic) bond motifs is 1. The summed E-state index contributed by atoms with van der Waals surface area (Å²) >= 11 is 0. The molecular weight excluding hydrogens is 321 g/mol. The monoisotopic (exact) mass is 335 g/mol. The highest BCUT2D eigenvalue weighted by molar-refractivity contribution is 5.93. The largest absolute Gasteiger partial charge is 0.425 e. The number of anilines is 1. The van der Waals surface area contributed by atoms with Crippen molar-refractivity contribution in [2.24, 2.45) is 5.92 Å². The number of hydrogen-bond acceptors (Lipinski definition) is 2. The van der Waals surface area contributed by atoms with E-state index in [-0.39, 0.29) is 5.92 Å². The van der Waals surface area contributed by atoms with Crippen molar-refractivity contribution in [1.82, 2.24) is 0 Å². The number of alkyl halides is 3. The normalized spacial score (nSPS) is 22.2. The van der Waals surface area contributed by atoms with Crippen molar-refractivity contribution < 1.29 is 31.5 Å². The fourth-order valence-corrected chi connectivity index (χ4v) is 2.23. The molecule has 1 aliphatic heterocycles. The third-order valence-corrected chi connectivity index (χ3v) is 3.31. The summed E-state index contributed by atoms with van der Waals surface area (Å²) < 4.78 is 73.7. The molecule has 23 heavy (non-hydrogen) atoms. The van der Waals surface area contributed by atoms with E-state index < -0.39 is 47.2 Å². The van der Waals surface area contributed by atoms with Crippen LogP contribution >= 0.6 is 0 Å². The summed E-state index contributed by atoms with van der Waals surface area (Å²) in [6.07, 6.45) is -3.31. The van der Waals surface area contributed by atoms with E-state index in [1.807, 2.05) is 0 Å². The molecule has 8 heteroatoms. The number of halogens is 5. The SMILES string of the molecule is CC(C)/C=C/C1(C(F)(F)F)OCC(=O)Nc2ccc(F)c(F)c21. The number of allylic oxidation sites excluding steroid dienone is 1. The lowest BCUT2D eigenvalue weighted by atomic mass is 9.89. The molecule has 0 bridgehead atoms. The first-order valence-electron chi connectivity index (χ1n) is 6.77. The molecule has 2 rings (SSSR count). The number of benzene rings is 1. The van der Waals surface area contributed by atoms with Crippen molar-refractivity contribution in [2.75, 3.05) is 11.9 Å². The lowest BCUT2D eigenvalue weighted by molar-refractivity contribution is -0.261. The molecule has 0 saturated heterocycles. The Morgan fingerprint density at radius 2 is 1.96 bits per heavy atom. The Balaban J connectivity index is 2.82. The van der Waals surface area contributed by atoms with E-state index >= 15 is 0 Å². The van der Waals surface area contributed by atoms with Gasteiger partial charge < -0.3 is 10.1 Å². The molecular formula is C15H14F5NO2. The van der Waals surface area contributed by atoms with Gasteiger partial charge >= 0.3 is 6.18 Å². The predicted molar refractivity (Wildman–Crippen MR) is 72.7 cm³/mol. The third kappa shape index (κ3) is 3.08. The maximum Gasteiger partial charge on any atom is 0.425 e. The van der Waals surface area contributed by atoms with E-state index in [1.54, 1.807) is 13.8 Å². The molecule has 1 aromatic carbocycles. The summed E-state index contributed by atoms with van der Waals surface area (Å²) in [5.41, 5.74) is -4.82. The van der Waals surface area contributed by atoms with Gasteiger partial charge in [-0.15, -0.1) is 0 Å². The van der Waals surface area contributed by atoms with E-state index in [0.29, 0.717) is 12.1 Å². The minimum Gasteiger partial charge on any atom is -0.347 e. The highest BCUT2D eigenvalue weighted by Crippen LogP contribution is 2.48. The molecule has 1 N–H and O–H groups in total. The molecule has 1 aromatic rings. The van der Waals surface area contributed by atoms with Gasteiger partial charge in [0.05, 0.1) is 11.3 Å². The lowest BCUT2D eigenvalue weighted by Crippen LogP contribution is -2.44. The maximum atomic E-state index is 14.2. The zero-order valence-corrected chi connectivity index (χ0v) is 12.3. The van der Waals surface area contributed by atoms with E-state index in [0.717, 1.165) is 12.1 Å². The van der Waals surface area contributed by atoms with Crippen LogP contribution in [0.1, 0.15) is 19.4 Å². The molecule has 0 spiro atoms. The quantitative estimate of drug-likeness (QED) is 0.657. The molecule has 1 aliphatic rings. The second-order valence-electron chi connectivity index (χ2n) is 5.46. The standard InChI is InChI=1S/C15H14F5NO2/c1-8(2)5-6-14(15(18,19)20)12-10(21-11(22)7-23-14)4-3-9(16)13(12)17/h3-6,8H,7H2,1-2H3,(H,21,22)/b6-5+. The van der Waals surface area contributed by atoms with Crippen molar-refractivity contribution >= 4 is 11.6 Å². The van der Waals surface area contributed by atoms with Crippen LogP contribution in [0, 0.1) is 17.6 Å². The molecule has 1 heterocycles. The van der Waals surface area contributed by atoms with Gasteiger partial charge in [-0.05, 0) is 24.1 Å². The Morgan fingerprint density at radius 3 is 2.52 bits per heavy atom. The van der Waals surface area contributed by atoms with Gasteiger partial charge in [-0.2, -0.15) is 13.2 Å². The minimum atomic E-state index is -5.10. The fourth-order valence-electron chi connectivity index (χ4n) is 2.23. The smallest absolute Gasteiger partial charge is 0.347 e. The molecule has 1 unspecified atom stereocenters. The Kier molecular flexibility index (Phi) is 4.48. The Labute approximate surface area is 129 Å². The number of carbonyl (C=O) groups excluding carboxylic acids is 1. The van der Waals surface area contributed by atoms with Crippen LogP contribution in [0.5, 0.6) is 0 Å². The van der Waals surface area contributed by atoms with Crippen LogP contribution in [0.2, 0.25) is 0 Å². The number of hydrogen-bond donors (Lipinski definition) is 1. The molecule has 0 aliphatic carbocycles. The first kappa shape index (κ1) is 17.4. The van der Waals surface area contributed by atoms with Gasteiger partial charge in [-0.1, -0.05) is 19.9 Å². The second kappa shape index (κ2) is 5.92. The van der Waals surface area contributed by atoms with Gasteiger partial charge in [0, 0.05) is 0 Å². The minimum absolute atomic E-state index is 0.301. The van der Waals surface area contributed by atoms with Gasteiger partial charge in [-0.25, -0.2) is 8.78 Å². The zero-order valence-electron chi connectivity index (χ0n) is 12.3. The summed E-state index contributed by atoms with van der Waals surface area (Å²) in [5.74, 6) is -4.36. The van der Waals surface area contributed by atoms with E-state index in [4.69, 9.17) is 4.74 Å². The number of nitrogens with one attached hydrogen (secondary N) is 1. The highest BCUT2D eigenvalue weighted by Gasteiger charge is 2.59. The van der Waals surface area contributed by atoms with E-state index in [9.17, 15) is 26.7 Å². The maximum absolute atomic E-state index is 14.2. The summed E-state index contributed by atoms with van der Waals surface area (Å²) in [6, 6.07) is 1.52. The molecule has 126 valence electrons. The number of carbonyl (C=O) groups is 1. The van der Waals surface area contributed by atoms with Crippen molar-refractivity contribution in [3.05, 3.63) is 41.5 Å². The average molecular weight is 335 g/mol. The summed E-state index contributed by atoms with van der Waals surface area (Å²) in [7, 11) is 0. The Bertz CT molecular complexity index is 654. The zero-order chi connectivity index (χ0) is 17.4. The van der Waals surface area contributed by atoms with Gasteiger partial charge in [0.25, 0.3) is 0 Å². The Hall–Kier alpha value is -1.96. The van der Waals surface area contributed by atoms with Gasteiger partial charge in [0.15, 0.2) is 11.6 Å². The number of amides is 1. The summed E-state index contributed by atoms with van der Waals surface area (Å²) in [5, 5.41) is 2.10. The van der Waals surface area contributed by atoms with Gasteiger partial charge in [0.2, 0.25) is 11.5 Å². The van der Waals surface area contributed by atoms with Crippen molar-refractivity contribution in [1.29, 1.82) is 0 Å². The molecule has 1 atom stereocenters. The van der Waals surface area contributed by atoms with Crippen LogP contribution in [0.3, 0.4) is 0 Å². The molecule has 0 aromatic heterocycles. The Morgan fingerprint density at radius 1 is 1.30 bits per heavy atom. The van der Waals surface area contributed by atoms with Gasteiger partial charge in [0.1, 0.15) is 6.61 Å². The number of ether oxygens (including phenoxy) is 1. The lowest BCUT2D eigenvalue weighted by Gasteiger charge is -2.33. The molecule has 3 nitrogen and oxygen atoms in total. The number of rotatable bonds is 2. The first-order chi connectivity index (χ1) is 10.6. The predicted octanol–water partition coefficient (Wildman–Crippen LogP) is 3.90. The average Bonchev–Trinajstić information content (AvgIpc) is 2.57. The third-order valence-electron chi connectivity index (χ3n) is 3.31. The van der Waals surface area contributed by atoms with Crippen LogP contribution < -0.4 is 5.32 Å².